The van der Waals surface area contributed by atoms with Crippen molar-refractivity contribution in [3.05, 3.63) is 23.8 Å². The van der Waals surface area contributed by atoms with Crippen molar-refractivity contribution in [2.24, 2.45) is 5.92 Å². The molecule has 0 atom stereocenters. The van der Waals surface area contributed by atoms with E-state index in [2.05, 4.69) is 15.3 Å². The van der Waals surface area contributed by atoms with E-state index in [4.69, 9.17) is 4.98 Å². The number of carbonyl (C=O) groups excluding carboxylic acids is 2. The Hall–Kier alpha value is -2.35. The Labute approximate surface area is 156 Å². The van der Waals surface area contributed by atoms with Gasteiger partial charge in [0.15, 0.2) is 5.13 Å². The Kier molecular flexibility index (Phi) is 5.61. The average molecular weight is 373 g/mol. The van der Waals surface area contributed by atoms with Crippen LogP contribution in [0.5, 0.6) is 0 Å². The summed E-state index contributed by atoms with van der Waals surface area (Å²) in [6, 6.07) is 0. The molecule has 2 aromatic rings. The molecule has 0 bridgehead atoms. The number of anilines is 1. The molecule has 3 heterocycles. The van der Waals surface area contributed by atoms with E-state index in [0.717, 1.165) is 54.3 Å². The highest BCUT2D eigenvalue weighted by molar-refractivity contribution is 7.19. The number of carbonyl (C=O) groups is 2. The molecular formula is C18H23N5O2S. The highest BCUT2D eigenvalue weighted by atomic mass is 32.1. The maximum atomic E-state index is 11.4. The van der Waals surface area contributed by atoms with Gasteiger partial charge in [-0.25, -0.2) is 9.97 Å². The summed E-state index contributed by atoms with van der Waals surface area (Å²) < 4.78 is 0. The third-order valence-electron chi connectivity index (χ3n) is 4.55. The fourth-order valence-corrected chi connectivity index (χ4v) is 4.17. The largest absolute Gasteiger partial charge is 0.343 e. The van der Waals surface area contributed by atoms with Crippen molar-refractivity contribution in [1.82, 2.24) is 19.9 Å². The van der Waals surface area contributed by atoms with E-state index in [1.807, 2.05) is 18.0 Å². The quantitative estimate of drug-likeness (QED) is 0.890. The first-order valence-corrected chi connectivity index (χ1v) is 9.56. The predicted molar refractivity (Wildman–Crippen MR) is 101 cm³/mol. The van der Waals surface area contributed by atoms with Crippen molar-refractivity contribution in [2.75, 3.05) is 18.4 Å². The van der Waals surface area contributed by atoms with Crippen LogP contribution in [0.1, 0.15) is 38.1 Å². The fraction of sp³-hybridized carbons (Fsp3) is 0.500. The topological polar surface area (TPSA) is 88.1 Å². The molecule has 0 aromatic carbocycles. The van der Waals surface area contributed by atoms with E-state index >= 15 is 0 Å². The van der Waals surface area contributed by atoms with E-state index in [0.29, 0.717) is 11.0 Å². The van der Waals surface area contributed by atoms with Gasteiger partial charge in [-0.3, -0.25) is 14.6 Å². The SMILES string of the molecule is CC(=O)Nc1nc(C)c(-c2cncc(CC3CCN(C(C)=O)CC3)n2)s1. The van der Waals surface area contributed by atoms with E-state index in [9.17, 15) is 9.59 Å². The molecular weight excluding hydrogens is 350 g/mol. The monoisotopic (exact) mass is 373 g/mol. The third-order valence-corrected chi connectivity index (χ3v) is 5.65. The number of thiazole rings is 1. The summed E-state index contributed by atoms with van der Waals surface area (Å²) >= 11 is 1.41. The van der Waals surface area contributed by atoms with Gasteiger partial charge in [0, 0.05) is 33.1 Å². The molecule has 1 aliphatic heterocycles. The van der Waals surface area contributed by atoms with Crippen molar-refractivity contribution in [3.8, 4) is 10.6 Å². The van der Waals surface area contributed by atoms with Crippen LogP contribution < -0.4 is 5.32 Å². The Morgan fingerprint density at radius 2 is 1.96 bits per heavy atom. The Morgan fingerprint density at radius 1 is 1.23 bits per heavy atom. The van der Waals surface area contributed by atoms with Crippen molar-refractivity contribution in [2.45, 2.75) is 40.0 Å². The van der Waals surface area contributed by atoms with Gasteiger partial charge in [-0.2, -0.15) is 0 Å². The van der Waals surface area contributed by atoms with Crippen LogP contribution in [0.3, 0.4) is 0 Å². The van der Waals surface area contributed by atoms with Gasteiger partial charge in [0.2, 0.25) is 11.8 Å². The molecule has 7 nitrogen and oxygen atoms in total. The smallest absolute Gasteiger partial charge is 0.223 e. The third kappa shape index (κ3) is 4.43. The van der Waals surface area contributed by atoms with Gasteiger partial charge in [-0.05, 0) is 32.1 Å². The fourth-order valence-electron chi connectivity index (χ4n) is 3.20. The highest BCUT2D eigenvalue weighted by Gasteiger charge is 2.22. The number of piperidine rings is 1. The molecule has 2 amide bonds. The average Bonchev–Trinajstić information content (AvgIpc) is 2.95. The van der Waals surface area contributed by atoms with Crippen molar-refractivity contribution >= 4 is 28.3 Å². The van der Waals surface area contributed by atoms with Crippen LogP contribution in [-0.4, -0.2) is 44.8 Å². The molecule has 0 spiro atoms. The maximum Gasteiger partial charge on any atom is 0.223 e. The zero-order valence-corrected chi connectivity index (χ0v) is 16.1. The summed E-state index contributed by atoms with van der Waals surface area (Å²) in [5.74, 6) is 0.538. The lowest BCUT2D eigenvalue weighted by molar-refractivity contribution is -0.130. The number of aromatic nitrogens is 3. The van der Waals surface area contributed by atoms with Crippen LogP contribution in [-0.2, 0) is 16.0 Å². The van der Waals surface area contributed by atoms with Crippen LogP contribution in [0.25, 0.3) is 10.6 Å². The second kappa shape index (κ2) is 7.90. The van der Waals surface area contributed by atoms with Gasteiger partial charge in [-0.1, -0.05) is 11.3 Å². The molecule has 26 heavy (non-hydrogen) atoms. The van der Waals surface area contributed by atoms with Gasteiger partial charge >= 0.3 is 0 Å². The summed E-state index contributed by atoms with van der Waals surface area (Å²) in [6.07, 6.45) is 6.41. The molecule has 0 aliphatic carbocycles. The van der Waals surface area contributed by atoms with Gasteiger partial charge in [0.25, 0.3) is 0 Å². The lowest BCUT2D eigenvalue weighted by Gasteiger charge is -2.31. The number of rotatable bonds is 4. The summed E-state index contributed by atoms with van der Waals surface area (Å²) in [5, 5.41) is 3.30. The summed E-state index contributed by atoms with van der Waals surface area (Å²) in [5.41, 5.74) is 2.58. The minimum atomic E-state index is -0.137. The molecule has 1 fully saturated rings. The zero-order valence-electron chi connectivity index (χ0n) is 15.3. The highest BCUT2D eigenvalue weighted by Crippen LogP contribution is 2.31. The van der Waals surface area contributed by atoms with E-state index < -0.39 is 0 Å². The number of aryl methyl sites for hydroxylation is 1. The van der Waals surface area contributed by atoms with Crippen LogP contribution in [0.2, 0.25) is 0 Å². The summed E-state index contributed by atoms with van der Waals surface area (Å²) in [4.78, 5) is 39.0. The zero-order chi connectivity index (χ0) is 18.7. The predicted octanol–water partition coefficient (Wildman–Crippen LogP) is 2.67. The van der Waals surface area contributed by atoms with Crippen molar-refractivity contribution < 1.29 is 9.59 Å². The molecule has 3 rings (SSSR count). The van der Waals surface area contributed by atoms with Crippen LogP contribution in [0, 0.1) is 12.8 Å². The number of hydrogen-bond donors (Lipinski definition) is 1. The number of amides is 2. The molecule has 0 saturated carbocycles. The first kappa shape index (κ1) is 18.4. The molecule has 0 unspecified atom stereocenters. The minimum absolute atomic E-state index is 0.137. The van der Waals surface area contributed by atoms with E-state index in [-0.39, 0.29) is 11.8 Å². The number of nitrogens with zero attached hydrogens (tertiary/aromatic N) is 4. The van der Waals surface area contributed by atoms with Gasteiger partial charge in [0.05, 0.1) is 22.5 Å². The number of nitrogens with one attached hydrogen (secondary N) is 1. The second-order valence-electron chi connectivity index (χ2n) is 6.66. The van der Waals surface area contributed by atoms with Crippen molar-refractivity contribution in [3.63, 3.8) is 0 Å². The minimum Gasteiger partial charge on any atom is -0.343 e. The molecule has 2 aromatic heterocycles. The van der Waals surface area contributed by atoms with E-state index in [1.165, 1.54) is 18.3 Å². The maximum absolute atomic E-state index is 11.4. The van der Waals surface area contributed by atoms with Gasteiger partial charge in [0.1, 0.15) is 5.69 Å². The summed E-state index contributed by atoms with van der Waals surface area (Å²) in [7, 11) is 0. The Morgan fingerprint density at radius 3 is 2.62 bits per heavy atom. The lowest BCUT2D eigenvalue weighted by Crippen LogP contribution is -2.37. The van der Waals surface area contributed by atoms with Crippen LogP contribution >= 0.6 is 11.3 Å². The number of likely N-dealkylation sites (tertiary alicyclic amines) is 1. The molecule has 138 valence electrons. The number of hydrogen-bond acceptors (Lipinski definition) is 6. The molecule has 8 heteroatoms. The van der Waals surface area contributed by atoms with Gasteiger partial charge < -0.3 is 10.2 Å². The van der Waals surface area contributed by atoms with Crippen molar-refractivity contribution in [1.29, 1.82) is 0 Å². The first-order valence-electron chi connectivity index (χ1n) is 8.74. The standard InChI is InChI=1S/C18H23N5O2S/c1-11-17(26-18(20-11)21-12(2)24)16-10-19-9-15(22-16)8-14-4-6-23(7-5-14)13(3)25/h9-10,14H,4-8H2,1-3H3,(H,20,21,24). The molecule has 0 radical (unpaired) electrons. The second-order valence-corrected chi connectivity index (χ2v) is 7.66. The molecule has 1 saturated heterocycles. The van der Waals surface area contributed by atoms with Crippen LogP contribution in [0.15, 0.2) is 12.4 Å². The lowest BCUT2D eigenvalue weighted by atomic mass is 9.92. The Bertz CT molecular complexity index is 812. The molecule has 1 N–H and O–H groups in total. The molecule has 1 aliphatic rings. The normalized spacial score (nSPS) is 15.1. The van der Waals surface area contributed by atoms with Crippen LogP contribution in [0.4, 0.5) is 5.13 Å². The first-order chi connectivity index (χ1) is 12.4. The van der Waals surface area contributed by atoms with E-state index in [1.54, 1.807) is 13.1 Å². The Balaban J connectivity index is 1.70. The summed E-state index contributed by atoms with van der Waals surface area (Å²) in [6.45, 7) is 6.64. The van der Waals surface area contributed by atoms with Gasteiger partial charge in [-0.15, -0.1) is 0 Å².